The first-order chi connectivity index (χ1) is 26.3. The lowest BCUT2D eigenvalue weighted by Crippen LogP contribution is -2.29. The second kappa shape index (κ2) is 39.9. The fraction of sp³-hybridized carbons (Fsp3) is 0.636. The molecule has 0 aliphatic heterocycles. The van der Waals surface area contributed by atoms with Crippen LogP contribution in [-0.4, -0.2) is 56.3 Å². The Morgan fingerprint density at radius 3 is 1.63 bits per heavy atom. The molecule has 0 bridgehead atoms. The molecule has 0 rings (SSSR count). The molecule has 0 spiro atoms. The van der Waals surface area contributed by atoms with Crippen molar-refractivity contribution in [2.24, 2.45) is 0 Å². The number of likely N-dealkylation sites (N-methyl/N-ethyl adjacent to an activating group) is 1. The van der Waals surface area contributed by atoms with E-state index in [0.29, 0.717) is 19.4 Å². The number of rotatable bonds is 37. The van der Waals surface area contributed by atoms with Crippen LogP contribution >= 0.6 is 7.82 Å². The number of esters is 2. The van der Waals surface area contributed by atoms with Crippen molar-refractivity contribution in [2.45, 2.75) is 148 Å². The Labute approximate surface area is 328 Å². The Morgan fingerprint density at radius 2 is 1.07 bits per heavy atom. The van der Waals surface area contributed by atoms with Crippen molar-refractivity contribution in [3.8, 4) is 0 Å². The third-order valence-electron chi connectivity index (χ3n) is 8.00. The molecule has 10 heteroatoms. The maximum Gasteiger partial charge on any atom is 0.472 e. The highest BCUT2D eigenvalue weighted by atomic mass is 31.2. The number of hydrogen-bond acceptors (Lipinski definition) is 8. The van der Waals surface area contributed by atoms with Crippen LogP contribution in [0, 0.1) is 0 Å². The molecule has 2 atom stereocenters. The summed E-state index contributed by atoms with van der Waals surface area (Å²) in [5.74, 6) is -0.902. The van der Waals surface area contributed by atoms with Gasteiger partial charge in [-0.25, -0.2) is 4.57 Å². The van der Waals surface area contributed by atoms with Crippen LogP contribution in [0.4, 0.5) is 0 Å². The summed E-state index contributed by atoms with van der Waals surface area (Å²) in [6.07, 6.45) is 47.7. The predicted molar refractivity (Wildman–Crippen MR) is 224 cm³/mol. The highest BCUT2D eigenvalue weighted by molar-refractivity contribution is 7.47. The van der Waals surface area contributed by atoms with Gasteiger partial charge in [0.25, 0.3) is 0 Å². The third-order valence-corrected chi connectivity index (χ3v) is 8.98. The van der Waals surface area contributed by atoms with Crippen molar-refractivity contribution in [1.82, 2.24) is 5.32 Å². The average Bonchev–Trinajstić information content (AvgIpc) is 3.15. The SMILES string of the molecule is CC/C=C\C/C=C\C/C=C\CCCCCCCC(=O)OC(COC(=O)CCC/C=C\C/C=C\C/C=C\C/C=C\CCCCC)COP(=O)(O)OCCNC. The number of carbonyl (C=O) groups is 2. The first kappa shape index (κ1) is 51.2. The molecule has 308 valence electrons. The Hall–Kier alpha value is -2.81. The summed E-state index contributed by atoms with van der Waals surface area (Å²) in [6.45, 7) is 3.97. The van der Waals surface area contributed by atoms with Crippen LogP contribution in [0.3, 0.4) is 0 Å². The number of phosphoric ester groups is 1. The van der Waals surface area contributed by atoms with E-state index in [9.17, 15) is 19.0 Å². The second-order valence-corrected chi connectivity index (χ2v) is 14.5. The van der Waals surface area contributed by atoms with Gasteiger partial charge in [0.2, 0.25) is 0 Å². The van der Waals surface area contributed by atoms with Gasteiger partial charge in [0.1, 0.15) is 6.61 Å². The van der Waals surface area contributed by atoms with Gasteiger partial charge in [0.15, 0.2) is 6.10 Å². The van der Waals surface area contributed by atoms with Gasteiger partial charge in [0, 0.05) is 19.4 Å². The van der Waals surface area contributed by atoms with Crippen LogP contribution in [0.1, 0.15) is 142 Å². The lowest BCUT2D eigenvalue weighted by Gasteiger charge is -2.20. The van der Waals surface area contributed by atoms with E-state index in [0.717, 1.165) is 77.0 Å². The van der Waals surface area contributed by atoms with Crippen LogP contribution in [0.5, 0.6) is 0 Å². The van der Waals surface area contributed by atoms with E-state index in [4.69, 9.17) is 18.5 Å². The molecule has 0 aromatic rings. The lowest BCUT2D eigenvalue weighted by atomic mass is 10.1. The van der Waals surface area contributed by atoms with Gasteiger partial charge in [-0.3, -0.25) is 18.6 Å². The standard InChI is InChI=1S/C44H74NO8P/c1-4-6-8-10-12-14-16-18-20-21-23-24-26-28-30-32-34-36-43(46)50-40-42(41-52-54(48,49)51-39-38-45-3)53-44(47)37-35-33-31-29-27-25-22-19-17-15-13-11-9-7-5-2/h7,9,12-15,18-20,22-24,28,30,42,45H,4-6,8,10-11,16-17,21,25-27,29,31-41H2,1-3H3,(H,48,49)/b9-7-,14-12-,15-13-,20-18-,22-19-,24-23-,30-28-. The highest BCUT2D eigenvalue weighted by Crippen LogP contribution is 2.43. The topological polar surface area (TPSA) is 120 Å². The maximum absolute atomic E-state index is 12.6. The normalized spacial score (nSPS) is 14.2. The summed E-state index contributed by atoms with van der Waals surface area (Å²) in [4.78, 5) is 35.0. The Balaban J connectivity index is 4.40. The zero-order valence-corrected chi connectivity index (χ0v) is 34.8. The second-order valence-electron chi connectivity index (χ2n) is 13.1. The molecular formula is C44H74NO8P. The molecule has 0 heterocycles. The number of unbranched alkanes of at least 4 members (excludes halogenated alkanes) is 9. The van der Waals surface area contributed by atoms with Crippen molar-refractivity contribution in [1.29, 1.82) is 0 Å². The summed E-state index contributed by atoms with van der Waals surface area (Å²) in [5, 5.41) is 2.81. The molecule has 54 heavy (non-hydrogen) atoms. The first-order valence-corrected chi connectivity index (χ1v) is 22.0. The van der Waals surface area contributed by atoms with Crippen molar-refractivity contribution < 1.29 is 37.6 Å². The smallest absolute Gasteiger partial charge is 0.462 e. The van der Waals surface area contributed by atoms with Gasteiger partial charge in [-0.15, -0.1) is 0 Å². The Bertz CT molecular complexity index is 1160. The minimum Gasteiger partial charge on any atom is -0.462 e. The number of allylic oxidation sites excluding steroid dienone is 14. The summed E-state index contributed by atoms with van der Waals surface area (Å²) in [7, 11) is -2.68. The van der Waals surface area contributed by atoms with Gasteiger partial charge in [-0.05, 0) is 90.5 Å². The van der Waals surface area contributed by atoms with E-state index in [2.05, 4.69) is 98.2 Å². The van der Waals surface area contributed by atoms with Crippen molar-refractivity contribution in [2.75, 3.05) is 33.4 Å². The molecule has 0 aromatic carbocycles. The Morgan fingerprint density at radius 1 is 0.593 bits per heavy atom. The zero-order chi connectivity index (χ0) is 39.6. The van der Waals surface area contributed by atoms with E-state index in [1.807, 2.05) is 6.08 Å². The van der Waals surface area contributed by atoms with Crippen LogP contribution in [0.2, 0.25) is 0 Å². The monoisotopic (exact) mass is 776 g/mol. The average molecular weight is 776 g/mol. The fourth-order valence-electron chi connectivity index (χ4n) is 4.91. The van der Waals surface area contributed by atoms with E-state index in [1.165, 1.54) is 25.7 Å². The van der Waals surface area contributed by atoms with Crippen molar-refractivity contribution >= 4 is 19.8 Å². The summed E-state index contributed by atoms with van der Waals surface area (Å²) < 4.78 is 33.1. The van der Waals surface area contributed by atoms with Gasteiger partial charge in [-0.2, -0.15) is 0 Å². The fourth-order valence-corrected chi connectivity index (χ4v) is 5.66. The highest BCUT2D eigenvalue weighted by Gasteiger charge is 2.26. The number of hydrogen-bond donors (Lipinski definition) is 2. The Kier molecular flexibility index (Phi) is 37.8. The van der Waals surface area contributed by atoms with Crippen LogP contribution in [0.25, 0.3) is 0 Å². The van der Waals surface area contributed by atoms with Gasteiger partial charge >= 0.3 is 19.8 Å². The van der Waals surface area contributed by atoms with Gasteiger partial charge < -0.3 is 19.7 Å². The van der Waals surface area contributed by atoms with E-state index in [-0.39, 0.29) is 26.1 Å². The van der Waals surface area contributed by atoms with Gasteiger partial charge in [-0.1, -0.05) is 131 Å². The van der Waals surface area contributed by atoms with E-state index < -0.39 is 32.5 Å². The predicted octanol–water partition coefficient (Wildman–Crippen LogP) is 11.5. The van der Waals surface area contributed by atoms with Crippen LogP contribution in [0.15, 0.2) is 85.1 Å². The molecule has 0 aliphatic carbocycles. The van der Waals surface area contributed by atoms with E-state index >= 15 is 0 Å². The van der Waals surface area contributed by atoms with Crippen LogP contribution in [-0.2, 0) is 32.7 Å². The lowest BCUT2D eigenvalue weighted by molar-refractivity contribution is -0.161. The molecule has 2 unspecified atom stereocenters. The molecule has 0 amide bonds. The van der Waals surface area contributed by atoms with E-state index in [1.54, 1.807) is 7.05 Å². The summed E-state index contributed by atoms with van der Waals surface area (Å²) in [5.41, 5.74) is 0. The molecule has 0 aromatic heterocycles. The molecule has 0 radical (unpaired) electrons. The van der Waals surface area contributed by atoms with Crippen molar-refractivity contribution in [3.05, 3.63) is 85.1 Å². The quantitative estimate of drug-likeness (QED) is 0.0275. The van der Waals surface area contributed by atoms with Crippen molar-refractivity contribution in [3.63, 3.8) is 0 Å². The number of nitrogens with one attached hydrogen (secondary N) is 1. The number of phosphoric acid groups is 1. The first-order valence-electron chi connectivity index (χ1n) is 20.5. The zero-order valence-electron chi connectivity index (χ0n) is 33.9. The largest absolute Gasteiger partial charge is 0.472 e. The number of ether oxygens (including phenoxy) is 2. The molecular weight excluding hydrogens is 701 g/mol. The maximum atomic E-state index is 12.6. The minimum atomic E-state index is -4.37. The third kappa shape index (κ3) is 38.9. The molecule has 0 saturated heterocycles. The number of carbonyl (C=O) groups excluding carboxylic acids is 2. The minimum absolute atomic E-state index is 0.0337. The molecule has 0 aliphatic rings. The van der Waals surface area contributed by atoms with Crippen LogP contribution < -0.4 is 5.32 Å². The molecule has 0 fully saturated rings. The molecule has 0 saturated carbocycles. The van der Waals surface area contributed by atoms with Gasteiger partial charge in [0.05, 0.1) is 13.2 Å². The summed E-state index contributed by atoms with van der Waals surface area (Å²) >= 11 is 0. The summed E-state index contributed by atoms with van der Waals surface area (Å²) in [6, 6.07) is 0. The molecule has 2 N–H and O–H groups in total. The molecule has 9 nitrogen and oxygen atoms in total.